The summed E-state index contributed by atoms with van der Waals surface area (Å²) in [6, 6.07) is 15.9. The first-order valence-corrected chi connectivity index (χ1v) is 8.81. The number of anilines is 2. The molecular formula is C18H14Br2N2O. The lowest BCUT2D eigenvalue weighted by molar-refractivity contribution is -0.107. The first-order valence-electron chi connectivity index (χ1n) is 7.10. The Hall–Kier alpha value is -1.72. The number of nitrogens with one attached hydrogen (secondary N) is 1. The molecule has 0 bridgehead atoms. The van der Waals surface area contributed by atoms with Gasteiger partial charge in [-0.25, -0.2) is 4.98 Å². The Morgan fingerprint density at radius 2 is 1.91 bits per heavy atom. The number of benzene rings is 2. The summed E-state index contributed by atoms with van der Waals surface area (Å²) in [6.07, 6.45) is 0.873. The van der Waals surface area contributed by atoms with Crippen molar-refractivity contribution in [3.8, 4) is 0 Å². The van der Waals surface area contributed by atoms with Crippen molar-refractivity contribution in [1.29, 1.82) is 0 Å². The number of fused-ring (bicyclic) bond motifs is 1. The average molecular weight is 434 g/mol. The third-order valence-electron chi connectivity index (χ3n) is 3.59. The molecule has 1 aromatic heterocycles. The zero-order valence-corrected chi connectivity index (χ0v) is 15.6. The van der Waals surface area contributed by atoms with Gasteiger partial charge in [-0.3, -0.25) is 0 Å². The van der Waals surface area contributed by atoms with Crippen molar-refractivity contribution in [2.45, 2.75) is 11.8 Å². The predicted octanol–water partition coefficient (Wildman–Crippen LogP) is 5.68. The zero-order valence-electron chi connectivity index (χ0n) is 12.4. The summed E-state index contributed by atoms with van der Waals surface area (Å²) in [5.41, 5.74) is 3.71. The Bertz CT molecular complexity index is 863. The minimum absolute atomic E-state index is 0.359. The summed E-state index contributed by atoms with van der Waals surface area (Å²) in [5.74, 6) is 0.790. The molecule has 0 saturated carbocycles. The highest BCUT2D eigenvalue weighted by Crippen LogP contribution is 2.30. The second-order valence-electron chi connectivity index (χ2n) is 5.24. The lowest BCUT2D eigenvalue weighted by atomic mass is 10.1. The molecule has 116 valence electrons. The molecule has 5 heteroatoms. The van der Waals surface area contributed by atoms with Gasteiger partial charge in [0.05, 0.1) is 10.3 Å². The number of aldehydes is 1. The molecule has 0 aliphatic heterocycles. The number of aromatic nitrogens is 1. The Balaban J connectivity index is 2.08. The Labute approximate surface area is 151 Å². The van der Waals surface area contributed by atoms with E-state index >= 15 is 0 Å². The number of para-hydroxylation sites is 1. The highest BCUT2D eigenvalue weighted by molar-refractivity contribution is 9.10. The number of rotatable bonds is 4. The molecule has 0 amide bonds. The van der Waals surface area contributed by atoms with Gasteiger partial charge in [-0.15, -0.1) is 0 Å². The first kappa shape index (κ1) is 16.1. The summed E-state index contributed by atoms with van der Waals surface area (Å²) >= 11 is 6.82. The zero-order chi connectivity index (χ0) is 16.4. The van der Waals surface area contributed by atoms with Crippen LogP contribution in [0.3, 0.4) is 0 Å². The van der Waals surface area contributed by atoms with Crippen molar-refractivity contribution in [1.82, 2.24) is 4.98 Å². The molecule has 1 unspecified atom stereocenters. The molecule has 2 aromatic carbocycles. The predicted molar refractivity (Wildman–Crippen MR) is 102 cm³/mol. The molecule has 0 radical (unpaired) electrons. The van der Waals surface area contributed by atoms with E-state index in [0.717, 1.165) is 44.3 Å². The van der Waals surface area contributed by atoms with Crippen LogP contribution in [0.1, 0.15) is 16.0 Å². The number of pyridine rings is 1. The quantitative estimate of drug-likeness (QED) is 0.424. The maximum Gasteiger partial charge on any atom is 0.138 e. The fourth-order valence-corrected chi connectivity index (χ4v) is 3.05. The molecule has 3 rings (SSSR count). The largest absolute Gasteiger partial charge is 0.340 e. The van der Waals surface area contributed by atoms with Crippen LogP contribution in [-0.4, -0.2) is 11.3 Å². The van der Waals surface area contributed by atoms with Crippen molar-refractivity contribution in [2.24, 2.45) is 0 Å². The van der Waals surface area contributed by atoms with Gasteiger partial charge in [-0.05, 0) is 48.4 Å². The van der Waals surface area contributed by atoms with E-state index in [-0.39, 0.29) is 4.83 Å². The lowest BCUT2D eigenvalue weighted by Crippen LogP contribution is -2.00. The van der Waals surface area contributed by atoms with E-state index < -0.39 is 0 Å². The van der Waals surface area contributed by atoms with Crippen LogP contribution in [-0.2, 0) is 4.79 Å². The number of nitrogens with zero attached hydrogens (tertiary/aromatic N) is 1. The van der Waals surface area contributed by atoms with Crippen LogP contribution in [0.4, 0.5) is 11.5 Å². The van der Waals surface area contributed by atoms with E-state index in [2.05, 4.69) is 43.2 Å². The minimum Gasteiger partial charge on any atom is -0.340 e. The topological polar surface area (TPSA) is 42.0 Å². The van der Waals surface area contributed by atoms with Crippen molar-refractivity contribution in [2.75, 3.05) is 5.32 Å². The Kier molecular flexibility index (Phi) is 4.78. The van der Waals surface area contributed by atoms with Crippen LogP contribution in [0.25, 0.3) is 10.9 Å². The standard InChI is InChI=1S/C18H14Br2N2O/c1-11-9-12-3-2-4-15(16(20)10-23)17(12)22-18(11)21-14-7-5-13(19)6-8-14/h2-10,16H,1H3,(H,21,22). The van der Waals surface area contributed by atoms with Gasteiger partial charge in [-0.2, -0.15) is 0 Å². The van der Waals surface area contributed by atoms with Crippen molar-refractivity contribution < 1.29 is 4.79 Å². The van der Waals surface area contributed by atoms with Gasteiger partial charge in [0.15, 0.2) is 0 Å². The number of carbonyl (C=O) groups excluding carboxylic acids is 1. The van der Waals surface area contributed by atoms with Crippen LogP contribution >= 0.6 is 31.9 Å². The number of hydrogen-bond acceptors (Lipinski definition) is 3. The van der Waals surface area contributed by atoms with Gasteiger partial charge in [0.2, 0.25) is 0 Å². The SMILES string of the molecule is Cc1cc2cccc(C(Br)C=O)c2nc1Nc1ccc(Br)cc1. The molecule has 0 aliphatic carbocycles. The lowest BCUT2D eigenvalue weighted by Gasteiger charge is -2.13. The number of alkyl halides is 1. The third kappa shape index (κ3) is 3.46. The summed E-state index contributed by atoms with van der Waals surface area (Å²) in [7, 11) is 0. The molecule has 23 heavy (non-hydrogen) atoms. The molecule has 0 fully saturated rings. The van der Waals surface area contributed by atoms with E-state index in [1.54, 1.807) is 0 Å². The monoisotopic (exact) mass is 432 g/mol. The fourth-order valence-electron chi connectivity index (χ4n) is 2.42. The van der Waals surface area contributed by atoms with Crippen LogP contribution in [0.5, 0.6) is 0 Å². The van der Waals surface area contributed by atoms with E-state index in [4.69, 9.17) is 4.98 Å². The number of hydrogen-bond donors (Lipinski definition) is 1. The minimum atomic E-state index is -0.359. The van der Waals surface area contributed by atoms with Gasteiger partial charge in [0.25, 0.3) is 0 Å². The van der Waals surface area contributed by atoms with Crippen LogP contribution in [0, 0.1) is 6.92 Å². The first-order chi connectivity index (χ1) is 11.1. The van der Waals surface area contributed by atoms with Crippen LogP contribution < -0.4 is 5.32 Å². The van der Waals surface area contributed by atoms with E-state index in [1.807, 2.05) is 49.4 Å². The number of aryl methyl sites for hydroxylation is 1. The van der Waals surface area contributed by atoms with Crippen LogP contribution in [0.2, 0.25) is 0 Å². The smallest absolute Gasteiger partial charge is 0.138 e. The maximum absolute atomic E-state index is 11.1. The van der Waals surface area contributed by atoms with Crippen molar-refractivity contribution >= 4 is 60.6 Å². The van der Waals surface area contributed by atoms with Crippen LogP contribution in [0.15, 0.2) is 53.0 Å². The summed E-state index contributed by atoms with van der Waals surface area (Å²) in [6.45, 7) is 2.02. The van der Waals surface area contributed by atoms with E-state index in [0.29, 0.717) is 0 Å². The molecule has 1 atom stereocenters. The van der Waals surface area contributed by atoms with E-state index in [9.17, 15) is 4.79 Å². The summed E-state index contributed by atoms with van der Waals surface area (Å²) in [5, 5.41) is 4.36. The second-order valence-corrected chi connectivity index (χ2v) is 7.14. The molecular weight excluding hydrogens is 420 g/mol. The highest BCUT2D eigenvalue weighted by atomic mass is 79.9. The molecule has 1 heterocycles. The Morgan fingerprint density at radius 3 is 2.61 bits per heavy atom. The fraction of sp³-hybridized carbons (Fsp3) is 0.111. The molecule has 0 spiro atoms. The third-order valence-corrected chi connectivity index (χ3v) is 4.83. The number of halogens is 2. The van der Waals surface area contributed by atoms with E-state index in [1.165, 1.54) is 0 Å². The van der Waals surface area contributed by atoms with Gasteiger partial charge in [-0.1, -0.05) is 50.1 Å². The maximum atomic E-state index is 11.1. The molecule has 1 N–H and O–H groups in total. The molecule has 0 saturated heterocycles. The molecule has 0 aliphatic rings. The molecule has 3 aromatic rings. The average Bonchev–Trinajstić information content (AvgIpc) is 2.56. The molecule has 3 nitrogen and oxygen atoms in total. The van der Waals surface area contributed by atoms with Gasteiger partial charge in [0.1, 0.15) is 12.1 Å². The normalized spacial score (nSPS) is 12.1. The van der Waals surface area contributed by atoms with Crippen molar-refractivity contribution in [3.05, 3.63) is 64.1 Å². The van der Waals surface area contributed by atoms with Gasteiger partial charge in [0, 0.05) is 15.5 Å². The summed E-state index contributed by atoms with van der Waals surface area (Å²) in [4.78, 5) is 15.5. The van der Waals surface area contributed by atoms with Gasteiger partial charge >= 0.3 is 0 Å². The Morgan fingerprint density at radius 1 is 1.17 bits per heavy atom. The van der Waals surface area contributed by atoms with Crippen molar-refractivity contribution in [3.63, 3.8) is 0 Å². The number of carbonyl (C=O) groups is 1. The highest BCUT2D eigenvalue weighted by Gasteiger charge is 2.13. The second kappa shape index (κ2) is 6.81. The van der Waals surface area contributed by atoms with Gasteiger partial charge < -0.3 is 10.1 Å². The summed E-state index contributed by atoms with van der Waals surface area (Å²) < 4.78 is 1.03.